The first-order valence-electron chi connectivity index (χ1n) is 9.06. The van der Waals surface area contributed by atoms with E-state index in [0.29, 0.717) is 11.3 Å². The average molecular weight is 393 g/mol. The van der Waals surface area contributed by atoms with E-state index in [-0.39, 0.29) is 30.5 Å². The fourth-order valence-electron chi connectivity index (χ4n) is 2.83. The van der Waals surface area contributed by atoms with Crippen molar-refractivity contribution in [2.45, 2.75) is 13.3 Å². The summed E-state index contributed by atoms with van der Waals surface area (Å²) in [6, 6.07) is 17.0. The summed E-state index contributed by atoms with van der Waals surface area (Å²) in [6.45, 7) is 1.42. The molecule has 0 aliphatic rings. The Kier molecular flexibility index (Phi) is 6.19. The van der Waals surface area contributed by atoms with Crippen LogP contribution in [-0.4, -0.2) is 24.3 Å². The number of fused-ring (bicyclic) bond motifs is 1. The molecule has 3 aromatic rings. The van der Waals surface area contributed by atoms with Crippen LogP contribution in [0.25, 0.3) is 10.8 Å². The Labute approximate surface area is 167 Å². The molecule has 0 unspecified atom stereocenters. The molecule has 0 heterocycles. The molecule has 0 atom stereocenters. The van der Waals surface area contributed by atoms with E-state index in [9.17, 15) is 18.8 Å². The van der Waals surface area contributed by atoms with E-state index in [2.05, 4.69) is 16.0 Å². The van der Waals surface area contributed by atoms with Gasteiger partial charge in [0.1, 0.15) is 5.82 Å². The zero-order chi connectivity index (χ0) is 20.8. The first-order valence-corrected chi connectivity index (χ1v) is 9.06. The number of amides is 3. The van der Waals surface area contributed by atoms with Gasteiger partial charge >= 0.3 is 0 Å². The minimum absolute atomic E-state index is 0.0140. The van der Waals surface area contributed by atoms with Gasteiger partial charge in [0.2, 0.25) is 11.8 Å². The highest BCUT2D eigenvalue weighted by atomic mass is 19.1. The molecule has 3 amide bonds. The molecule has 3 aromatic carbocycles. The van der Waals surface area contributed by atoms with Crippen LogP contribution in [0.4, 0.5) is 15.8 Å². The monoisotopic (exact) mass is 393 g/mol. The molecular formula is C22H20FN3O3. The van der Waals surface area contributed by atoms with Crippen molar-refractivity contribution in [3.8, 4) is 0 Å². The number of benzene rings is 3. The Morgan fingerprint density at radius 3 is 2.41 bits per heavy atom. The van der Waals surface area contributed by atoms with Crippen molar-refractivity contribution in [1.82, 2.24) is 5.32 Å². The molecule has 0 spiro atoms. The molecule has 7 heteroatoms. The van der Waals surface area contributed by atoms with E-state index in [1.807, 2.05) is 30.3 Å². The molecule has 3 rings (SSSR count). The molecule has 0 fully saturated rings. The lowest BCUT2D eigenvalue weighted by molar-refractivity contribution is -0.116. The van der Waals surface area contributed by atoms with Crippen molar-refractivity contribution in [3.63, 3.8) is 0 Å². The Morgan fingerprint density at radius 1 is 0.897 bits per heavy atom. The van der Waals surface area contributed by atoms with Crippen LogP contribution in [-0.2, 0) is 9.59 Å². The van der Waals surface area contributed by atoms with Crippen molar-refractivity contribution in [2.75, 3.05) is 17.2 Å². The summed E-state index contributed by atoms with van der Waals surface area (Å²) in [5.41, 5.74) is 0.850. The summed E-state index contributed by atoms with van der Waals surface area (Å²) in [7, 11) is 0. The van der Waals surface area contributed by atoms with Crippen LogP contribution in [0.15, 0.2) is 60.7 Å². The smallest absolute Gasteiger partial charge is 0.251 e. The van der Waals surface area contributed by atoms with Crippen LogP contribution in [0, 0.1) is 5.82 Å². The number of hydrogen-bond acceptors (Lipinski definition) is 3. The number of rotatable bonds is 6. The second-order valence-corrected chi connectivity index (χ2v) is 6.49. The van der Waals surface area contributed by atoms with Gasteiger partial charge in [-0.1, -0.05) is 30.3 Å². The van der Waals surface area contributed by atoms with E-state index < -0.39 is 11.7 Å². The van der Waals surface area contributed by atoms with E-state index >= 15 is 0 Å². The number of halogens is 1. The van der Waals surface area contributed by atoms with Crippen molar-refractivity contribution in [3.05, 3.63) is 72.0 Å². The summed E-state index contributed by atoms with van der Waals surface area (Å²) in [6.07, 6.45) is 0.0478. The lowest BCUT2D eigenvalue weighted by Gasteiger charge is -2.10. The van der Waals surface area contributed by atoms with Crippen molar-refractivity contribution in [2.24, 2.45) is 0 Å². The van der Waals surface area contributed by atoms with Gasteiger partial charge < -0.3 is 16.0 Å². The van der Waals surface area contributed by atoms with E-state index in [4.69, 9.17) is 0 Å². The van der Waals surface area contributed by atoms with Crippen LogP contribution in [0.2, 0.25) is 0 Å². The Balaban J connectivity index is 1.52. The predicted molar refractivity (Wildman–Crippen MR) is 110 cm³/mol. The number of carbonyl (C=O) groups is 3. The highest BCUT2D eigenvalue weighted by Gasteiger charge is 2.10. The molecule has 0 aromatic heterocycles. The summed E-state index contributed by atoms with van der Waals surface area (Å²) >= 11 is 0. The second kappa shape index (κ2) is 8.97. The number of hydrogen-bond donors (Lipinski definition) is 3. The maximum absolute atomic E-state index is 13.6. The van der Waals surface area contributed by atoms with Gasteiger partial charge in [-0.3, -0.25) is 14.4 Å². The fraction of sp³-hybridized carbons (Fsp3) is 0.136. The molecule has 29 heavy (non-hydrogen) atoms. The van der Waals surface area contributed by atoms with Gasteiger partial charge in [-0.2, -0.15) is 0 Å². The summed E-state index contributed by atoms with van der Waals surface area (Å²) in [5, 5.41) is 9.68. The van der Waals surface area contributed by atoms with E-state index in [0.717, 1.165) is 16.8 Å². The van der Waals surface area contributed by atoms with Crippen LogP contribution >= 0.6 is 0 Å². The molecule has 0 saturated heterocycles. The maximum Gasteiger partial charge on any atom is 0.251 e. The fourth-order valence-corrected chi connectivity index (χ4v) is 2.83. The molecule has 6 nitrogen and oxygen atoms in total. The van der Waals surface area contributed by atoms with E-state index in [1.54, 1.807) is 12.1 Å². The SMILES string of the molecule is CC(=O)Nc1cc(NC(=O)CCNC(=O)c2ccc3ccccc3c2)ccc1F. The summed E-state index contributed by atoms with van der Waals surface area (Å²) in [5.74, 6) is -1.62. The minimum atomic E-state index is -0.596. The topological polar surface area (TPSA) is 87.3 Å². The third-order valence-electron chi connectivity index (χ3n) is 4.21. The van der Waals surface area contributed by atoms with Gasteiger partial charge in [0.25, 0.3) is 5.91 Å². The summed E-state index contributed by atoms with van der Waals surface area (Å²) in [4.78, 5) is 35.5. The Bertz CT molecular complexity index is 1080. The largest absolute Gasteiger partial charge is 0.352 e. The summed E-state index contributed by atoms with van der Waals surface area (Å²) < 4.78 is 13.6. The van der Waals surface area contributed by atoms with Gasteiger partial charge in [-0.15, -0.1) is 0 Å². The molecular weight excluding hydrogens is 373 g/mol. The number of carbonyl (C=O) groups excluding carboxylic acids is 3. The van der Waals surface area contributed by atoms with Crippen LogP contribution in [0.3, 0.4) is 0 Å². The Hall–Kier alpha value is -3.74. The van der Waals surface area contributed by atoms with Gasteiger partial charge in [-0.05, 0) is 41.1 Å². The number of nitrogens with one attached hydrogen (secondary N) is 3. The molecule has 3 N–H and O–H groups in total. The standard InChI is InChI=1S/C22H20FN3O3/c1-14(27)25-20-13-18(8-9-19(20)23)26-21(28)10-11-24-22(29)17-7-6-15-4-2-3-5-16(15)12-17/h2-9,12-13H,10-11H2,1H3,(H,24,29)(H,25,27)(H,26,28). The molecule has 0 radical (unpaired) electrons. The lowest BCUT2D eigenvalue weighted by Crippen LogP contribution is -2.27. The predicted octanol–water partition coefficient (Wildman–Crippen LogP) is 3.70. The van der Waals surface area contributed by atoms with Gasteiger partial charge in [0.05, 0.1) is 5.69 Å². The van der Waals surface area contributed by atoms with Crippen molar-refractivity contribution in [1.29, 1.82) is 0 Å². The van der Waals surface area contributed by atoms with E-state index in [1.165, 1.54) is 19.1 Å². The van der Waals surface area contributed by atoms with Crippen LogP contribution < -0.4 is 16.0 Å². The van der Waals surface area contributed by atoms with Crippen LogP contribution in [0.5, 0.6) is 0 Å². The first-order chi connectivity index (χ1) is 13.9. The molecule has 0 aliphatic carbocycles. The highest BCUT2D eigenvalue weighted by Crippen LogP contribution is 2.20. The second-order valence-electron chi connectivity index (χ2n) is 6.49. The van der Waals surface area contributed by atoms with Gasteiger partial charge in [-0.25, -0.2) is 4.39 Å². The third-order valence-corrected chi connectivity index (χ3v) is 4.21. The first kappa shape index (κ1) is 20.0. The molecule has 148 valence electrons. The maximum atomic E-state index is 13.6. The normalized spacial score (nSPS) is 10.4. The zero-order valence-corrected chi connectivity index (χ0v) is 15.8. The van der Waals surface area contributed by atoms with Gasteiger partial charge in [0, 0.05) is 31.1 Å². The number of anilines is 2. The van der Waals surface area contributed by atoms with Crippen LogP contribution in [0.1, 0.15) is 23.7 Å². The molecule has 0 bridgehead atoms. The minimum Gasteiger partial charge on any atom is -0.352 e. The molecule has 0 aliphatic heterocycles. The zero-order valence-electron chi connectivity index (χ0n) is 15.8. The third kappa shape index (κ3) is 5.38. The van der Waals surface area contributed by atoms with Crippen molar-refractivity contribution < 1.29 is 18.8 Å². The van der Waals surface area contributed by atoms with Crippen molar-refractivity contribution >= 4 is 39.9 Å². The molecule has 0 saturated carbocycles. The quantitative estimate of drug-likeness (QED) is 0.597. The lowest BCUT2D eigenvalue weighted by atomic mass is 10.1. The Morgan fingerprint density at radius 2 is 1.66 bits per heavy atom. The highest BCUT2D eigenvalue weighted by molar-refractivity contribution is 5.99. The van der Waals surface area contributed by atoms with Gasteiger partial charge in [0.15, 0.2) is 0 Å². The average Bonchev–Trinajstić information content (AvgIpc) is 2.69.